The van der Waals surface area contributed by atoms with Gasteiger partial charge in [0.25, 0.3) is 0 Å². The Morgan fingerprint density at radius 1 is 0.741 bits per heavy atom. The van der Waals surface area contributed by atoms with Crippen LogP contribution in [0.15, 0.2) is 109 Å². The molecule has 0 N–H and O–H groups in total. The summed E-state index contributed by atoms with van der Waals surface area (Å²) in [4.78, 5) is 54.9. The number of piperazine rings is 2. The summed E-state index contributed by atoms with van der Waals surface area (Å²) in [7, 11) is 0. The Morgan fingerprint density at radius 3 is 1.93 bits per heavy atom. The Morgan fingerprint density at radius 2 is 1.35 bits per heavy atom. The molecule has 0 aliphatic carbocycles. The van der Waals surface area contributed by atoms with Gasteiger partial charge in [-0.2, -0.15) is 13.2 Å². The van der Waals surface area contributed by atoms with E-state index in [4.69, 9.17) is 4.98 Å². The standard InChI is InChI=1S/C42H45F3N6O3/c1-32(52)48-24-26-49(27-25-48)39-18-14-36(29-46-39)31-51(40(53)19-15-33-12-16-37(17-13-33)42(43,44)45)38(28-34-8-4-2-5-9-34)41(54)50-22-20-47(21-23-50)30-35-10-6-3-7-11-35/h2-19,29,38H,20-28,30-31H2,1H3/b19-15+/t38-/m0/s1. The fourth-order valence-corrected chi connectivity index (χ4v) is 6.88. The van der Waals surface area contributed by atoms with Crippen LogP contribution in [0, 0.1) is 0 Å². The van der Waals surface area contributed by atoms with Crippen LogP contribution in [0.2, 0.25) is 0 Å². The first-order chi connectivity index (χ1) is 26.0. The first-order valence-electron chi connectivity index (χ1n) is 18.2. The molecule has 9 nitrogen and oxygen atoms in total. The molecular formula is C42H45F3N6O3. The number of amides is 3. The van der Waals surface area contributed by atoms with Gasteiger partial charge in [0.05, 0.1) is 5.56 Å². The van der Waals surface area contributed by atoms with Gasteiger partial charge in [-0.15, -0.1) is 0 Å². The monoisotopic (exact) mass is 738 g/mol. The summed E-state index contributed by atoms with van der Waals surface area (Å²) in [5.74, 6) is 0.190. The first kappa shape index (κ1) is 38.2. The summed E-state index contributed by atoms with van der Waals surface area (Å²) in [5.41, 5.74) is 2.46. The van der Waals surface area contributed by atoms with Gasteiger partial charge in [-0.1, -0.05) is 78.9 Å². The molecule has 2 aliphatic rings. The highest BCUT2D eigenvalue weighted by Crippen LogP contribution is 2.29. The van der Waals surface area contributed by atoms with Crippen molar-refractivity contribution in [3.05, 3.63) is 137 Å². The molecule has 0 unspecified atom stereocenters. The van der Waals surface area contributed by atoms with E-state index in [0.717, 1.165) is 35.6 Å². The molecule has 2 fully saturated rings. The van der Waals surface area contributed by atoms with E-state index in [1.54, 1.807) is 22.9 Å². The molecule has 1 atom stereocenters. The normalized spacial score (nSPS) is 16.0. The summed E-state index contributed by atoms with van der Waals surface area (Å²) < 4.78 is 39.6. The van der Waals surface area contributed by atoms with Gasteiger partial charge in [0.1, 0.15) is 11.9 Å². The van der Waals surface area contributed by atoms with Crippen molar-refractivity contribution in [2.24, 2.45) is 0 Å². The van der Waals surface area contributed by atoms with Crippen LogP contribution in [-0.2, 0) is 40.1 Å². The highest BCUT2D eigenvalue weighted by molar-refractivity contribution is 5.95. The largest absolute Gasteiger partial charge is 0.416 e. The molecule has 12 heteroatoms. The molecule has 1 aromatic heterocycles. The van der Waals surface area contributed by atoms with Crippen molar-refractivity contribution >= 4 is 29.6 Å². The second-order valence-corrected chi connectivity index (χ2v) is 13.7. The molecule has 2 saturated heterocycles. The Labute approximate surface area is 314 Å². The quantitative estimate of drug-likeness (QED) is 0.182. The maximum atomic E-state index is 14.6. The molecule has 0 spiro atoms. The van der Waals surface area contributed by atoms with Crippen molar-refractivity contribution < 1.29 is 27.6 Å². The summed E-state index contributed by atoms with van der Waals surface area (Å²) in [5, 5.41) is 0. The number of nitrogens with zero attached hydrogens (tertiary/aromatic N) is 6. The fraction of sp³-hybridized carbons (Fsp3) is 0.333. The van der Waals surface area contributed by atoms with Crippen LogP contribution < -0.4 is 4.90 Å². The van der Waals surface area contributed by atoms with E-state index in [1.165, 1.54) is 29.8 Å². The molecule has 0 radical (unpaired) electrons. The maximum absolute atomic E-state index is 14.6. The zero-order valence-corrected chi connectivity index (χ0v) is 30.4. The third kappa shape index (κ3) is 10.1. The van der Waals surface area contributed by atoms with Gasteiger partial charge >= 0.3 is 6.18 Å². The van der Waals surface area contributed by atoms with Gasteiger partial charge in [0, 0.05) is 91.1 Å². The number of benzene rings is 3. The summed E-state index contributed by atoms with van der Waals surface area (Å²) in [6.07, 6.45) is 0.305. The van der Waals surface area contributed by atoms with Crippen molar-refractivity contribution in [3.63, 3.8) is 0 Å². The average molecular weight is 739 g/mol. The number of pyridine rings is 1. The Hall–Kier alpha value is -5.49. The second-order valence-electron chi connectivity index (χ2n) is 13.7. The molecule has 2 aliphatic heterocycles. The van der Waals surface area contributed by atoms with Gasteiger partial charge in [0.15, 0.2) is 0 Å². The number of halogens is 3. The summed E-state index contributed by atoms with van der Waals surface area (Å²) >= 11 is 0. The number of anilines is 1. The van der Waals surface area contributed by atoms with Crippen LogP contribution in [-0.4, -0.2) is 101 Å². The van der Waals surface area contributed by atoms with E-state index >= 15 is 0 Å². The molecule has 4 aromatic rings. The van der Waals surface area contributed by atoms with E-state index in [-0.39, 0.29) is 24.8 Å². The highest BCUT2D eigenvalue weighted by Gasteiger charge is 2.34. The van der Waals surface area contributed by atoms with Crippen molar-refractivity contribution in [1.29, 1.82) is 0 Å². The van der Waals surface area contributed by atoms with E-state index in [9.17, 15) is 27.6 Å². The van der Waals surface area contributed by atoms with Gasteiger partial charge in [-0.25, -0.2) is 4.98 Å². The molecule has 0 bridgehead atoms. The lowest BCUT2D eigenvalue weighted by Crippen LogP contribution is -2.56. The Bertz CT molecular complexity index is 1870. The van der Waals surface area contributed by atoms with Gasteiger partial charge < -0.3 is 19.6 Å². The number of carbonyl (C=O) groups is 3. The predicted octanol–water partition coefficient (Wildman–Crippen LogP) is 5.77. The van der Waals surface area contributed by atoms with Crippen LogP contribution in [0.1, 0.15) is 34.7 Å². The van der Waals surface area contributed by atoms with E-state index in [2.05, 4.69) is 21.9 Å². The minimum atomic E-state index is -4.47. The molecule has 3 aromatic carbocycles. The molecule has 6 rings (SSSR count). The molecule has 282 valence electrons. The third-order valence-corrected chi connectivity index (χ3v) is 10.0. The second kappa shape index (κ2) is 17.6. The fourth-order valence-electron chi connectivity index (χ4n) is 6.88. The van der Waals surface area contributed by atoms with Crippen LogP contribution >= 0.6 is 0 Å². The molecule has 3 amide bonds. The average Bonchev–Trinajstić information content (AvgIpc) is 3.19. The van der Waals surface area contributed by atoms with Crippen molar-refractivity contribution in [2.45, 2.75) is 38.7 Å². The molecule has 54 heavy (non-hydrogen) atoms. The van der Waals surface area contributed by atoms with Gasteiger partial charge in [-0.05, 0) is 46.5 Å². The minimum absolute atomic E-state index is 0.0451. The topological polar surface area (TPSA) is 80.3 Å². The van der Waals surface area contributed by atoms with Crippen molar-refractivity contribution in [2.75, 3.05) is 57.3 Å². The third-order valence-electron chi connectivity index (χ3n) is 10.0. The zero-order chi connectivity index (χ0) is 38.1. The summed E-state index contributed by atoms with van der Waals surface area (Å²) in [6.45, 7) is 7.33. The van der Waals surface area contributed by atoms with Gasteiger partial charge in [0.2, 0.25) is 17.7 Å². The van der Waals surface area contributed by atoms with E-state index < -0.39 is 23.7 Å². The Kier molecular flexibility index (Phi) is 12.4. The van der Waals surface area contributed by atoms with Crippen LogP contribution in [0.25, 0.3) is 6.08 Å². The van der Waals surface area contributed by atoms with Crippen LogP contribution in [0.3, 0.4) is 0 Å². The number of aromatic nitrogens is 1. The molecular weight excluding hydrogens is 693 g/mol. The van der Waals surface area contributed by atoms with Crippen molar-refractivity contribution in [3.8, 4) is 0 Å². The van der Waals surface area contributed by atoms with Crippen LogP contribution in [0.4, 0.5) is 19.0 Å². The zero-order valence-electron chi connectivity index (χ0n) is 30.4. The smallest absolute Gasteiger partial charge is 0.353 e. The minimum Gasteiger partial charge on any atom is -0.353 e. The summed E-state index contributed by atoms with van der Waals surface area (Å²) in [6, 6.07) is 27.3. The number of hydrogen-bond acceptors (Lipinski definition) is 6. The lowest BCUT2D eigenvalue weighted by molar-refractivity contribution is -0.145. The number of rotatable bonds is 11. The van der Waals surface area contributed by atoms with Crippen LogP contribution in [0.5, 0.6) is 0 Å². The maximum Gasteiger partial charge on any atom is 0.416 e. The number of hydrogen-bond donors (Lipinski definition) is 0. The van der Waals surface area contributed by atoms with E-state index in [0.29, 0.717) is 57.9 Å². The highest BCUT2D eigenvalue weighted by atomic mass is 19.4. The number of carbonyl (C=O) groups excluding carboxylic acids is 3. The van der Waals surface area contributed by atoms with Gasteiger partial charge in [-0.3, -0.25) is 19.3 Å². The predicted molar refractivity (Wildman–Crippen MR) is 202 cm³/mol. The SMILES string of the molecule is CC(=O)N1CCN(c2ccc(CN(C(=O)/C=C/c3ccc(C(F)(F)F)cc3)[C@@H](Cc3ccccc3)C(=O)N3CCN(Cc4ccccc4)CC3)cn2)CC1. The van der Waals surface area contributed by atoms with Crippen molar-refractivity contribution in [1.82, 2.24) is 24.6 Å². The first-order valence-corrected chi connectivity index (χ1v) is 18.2. The molecule has 0 saturated carbocycles. The number of alkyl halides is 3. The lowest BCUT2D eigenvalue weighted by atomic mass is 10.0. The lowest BCUT2D eigenvalue weighted by Gasteiger charge is -2.39. The van der Waals surface area contributed by atoms with E-state index in [1.807, 2.05) is 65.6 Å². The molecule has 3 heterocycles. The Balaban J connectivity index is 1.25.